The molecule has 1 aromatic heterocycles. The van der Waals surface area contributed by atoms with Crippen molar-refractivity contribution in [2.24, 2.45) is 5.92 Å². The van der Waals surface area contributed by atoms with Crippen molar-refractivity contribution in [1.29, 1.82) is 0 Å². The maximum Gasteiger partial charge on any atom is 0.274 e. The van der Waals surface area contributed by atoms with Crippen LogP contribution in [0.15, 0.2) is 23.0 Å². The van der Waals surface area contributed by atoms with Crippen LogP contribution >= 0.6 is 0 Å². The predicted molar refractivity (Wildman–Crippen MR) is 92.2 cm³/mol. The molecule has 0 radical (unpaired) electrons. The quantitative estimate of drug-likeness (QED) is 0.622. The third-order valence-electron chi connectivity index (χ3n) is 4.33. The maximum atomic E-state index is 12.3. The van der Waals surface area contributed by atoms with Gasteiger partial charge in [-0.3, -0.25) is 30.2 Å². The second-order valence-electron chi connectivity index (χ2n) is 6.15. The molecule has 1 unspecified atom stereocenters. The van der Waals surface area contributed by atoms with Gasteiger partial charge in [-0.2, -0.15) is 0 Å². The van der Waals surface area contributed by atoms with E-state index in [4.69, 9.17) is 9.47 Å². The van der Waals surface area contributed by atoms with E-state index in [2.05, 4.69) is 26.0 Å². The van der Waals surface area contributed by atoms with Gasteiger partial charge in [0.15, 0.2) is 11.5 Å². The second-order valence-corrected chi connectivity index (χ2v) is 6.15. The summed E-state index contributed by atoms with van der Waals surface area (Å²) in [5.41, 5.74) is 5.38. The van der Waals surface area contributed by atoms with E-state index in [1.54, 1.807) is 18.2 Å². The summed E-state index contributed by atoms with van der Waals surface area (Å²) in [7, 11) is 0. The van der Waals surface area contributed by atoms with Crippen LogP contribution in [0.3, 0.4) is 0 Å². The number of carbonyl (C=O) groups excluding carboxylic acids is 2. The summed E-state index contributed by atoms with van der Waals surface area (Å²) in [4.78, 5) is 40.1. The van der Waals surface area contributed by atoms with Crippen LogP contribution in [0, 0.1) is 12.8 Å². The van der Waals surface area contributed by atoms with E-state index in [1.807, 2.05) is 0 Å². The minimum atomic E-state index is -0.555. The zero-order chi connectivity index (χ0) is 19.0. The molecule has 1 aromatic carbocycles. The fraction of sp³-hybridized carbons (Fsp3) is 0.312. The number of nitrogens with zero attached hydrogens (tertiary/aromatic N) is 3. The van der Waals surface area contributed by atoms with Crippen LogP contribution in [-0.2, 0) is 9.59 Å². The zero-order valence-corrected chi connectivity index (χ0v) is 14.3. The molecule has 2 aliphatic heterocycles. The Bertz CT molecular complexity index is 974. The topological polar surface area (TPSA) is 139 Å². The van der Waals surface area contributed by atoms with Gasteiger partial charge in [-0.05, 0) is 19.1 Å². The molecule has 27 heavy (non-hydrogen) atoms. The number of hydrogen-bond donors (Lipinski definition) is 3. The number of amides is 2. The molecule has 3 N–H and O–H groups in total. The van der Waals surface area contributed by atoms with E-state index in [9.17, 15) is 14.4 Å². The van der Waals surface area contributed by atoms with Gasteiger partial charge >= 0.3 is 0 Å². The Hall–Kier alpha value is -3.63. The van der Waals surface area contributed by atoms with Crippen molar-refractivity contribution < 1.29 is 19.1 Å². The second kappa shape index (κ2) is 6.59. The third-order valence-corrected chi connectivity index (χ3v) is 4.33. The fourth-order valence-electron chi connectivity index (χ4n) is 2.86. The van der Waals surface area contributed by atoms with Crippen LogP contribution in [0.4, 0.5) is 11.6 Å². The molecule has 2 amide bonds. The van der Waals surface area contributed by atoms with E-state index in [0.717, 1.165) is 0 Å². The summed E-state index contributed by atoms with van der Waals surface area (Å²) in [6.45, 7) is 1.89. The highest BCUT2D eigenvalue weighted by Gasteiger charge is 2.35. The average molecular weight is 372 g/mol. The minimum Gasteiger partial charge on any atom is -0.454 e. The normalized spacial score (nSPS) is 17.9. The highest BCUT2D eigenvalue weighted by Crippen LogP contribution is 2.37. The first-order chi connectivity index (χ1) is 13.0. The van der Waals surface area contributed by atoms with Crippen molar-refractivity contribution in [1.82, 2.24) is 20.6 Å². The van der Waals surface area contributed by atoms with Crippen molar-refractivity contribution in [3.8, 4) is 11.5 Å². The first-order valence-electron chi connectivity index (χ1n) is 8.21. The number of hydrazine groups is 1. The standard InChI is InChI=1S/C16H16N6O5/c1-8-14(24)17-16(20-18-8)21-19-15(25)9-4-13(23)22(6-9)10-2-3-11-12(5-10)27-7-26-11/h2-3,5,9H,4,6-7H2,1H3,(H,19,25)(H2,17,20,21,24). The van der Waals surface area contributed by atoms with E-state index >= 15 is 0 Å². The lowest BCUT2D eigenvalue weighted by Gasteiger charge is -2.17. The number of ether oxygens (including phenoxy) is 2. The van der Waals surface area contributed by atoms with Gasteiger partial charge in [0.25, 0.3) is 5.56 Å². The first-order valence-corrected chi connectivity index (χ1v) is 8.21. The Morgan fingerprint density at radius 2 is 2.07 bits per heavy atom. The molecule has 140 valence electrons. The molecule has 1 atom stereocenters. The van der Waals surface area contributed by atoms with Crippen molar-refractivity contribution in [2.75, 3.05) is 23.7 Å². The van der Waals surface area contributed by atoms with Crippen molar-refractivity contribution >= 4 is 23.5 Å². The summed E-state index contributed by atoms with van der Waals surface area (Å²) in [6.07, 6.45) is 0.0675. The van der Waals surface area contributed by atoms with Crippen LogP contribution in [0.25, 0.3) is 0 Å². The average Bonchev–Trinajstić information content (AvgIpc) is 3.28. The number of anilines is 2. The van der Waals surface area contributed by atoms with Crippen molar-refractivity contribution in [3.63, 3.8) is 0 Å². The molecule has 1 saturated heterocycles. The number of aromatic nitrogens is 3. The van der Waals surface area contributed by atoms with Gasteiger partial charge in [0.1, 0.15) is 5.69 Å². The molecule has 1 fully saturated rings. The third kappa shape index (κ3) is 3.26. The molecule has 2 aliphatic rings. The Labute approximate surface area is 152 Å². The Kier molecular flexibility index (Phi) is 4.11. The lowest BCUT2D eigenvalue weighted by atomic mass is 10.1. The van der Waals surface area contributed by atoms with E-state index in [0.29, 0.717) is 17.2 Å². The summed E-state index contributed by atoms with van der Waals surface area (Å²) in [5, 5.41) is 7.37. The van der Waals surface area contributed by atoms with E-state index in [-0.39, 0.29) is 37.3 Å². The maximum absolute atomic E-state index is 12.3. The van der Waals surface area contributed by atoms with Crippen LogP contribution in [0.2, 0.25) is 0 Å². The number of hydrogen-bond acceptors (Lipinski definition) is 8. The number of aryl methyl sites for hydroxylation is 1. The number of nitrogens with one attached hydrogen (secondary N) is 3. The highest BCUT2D eigenvalue weighted by molar-refractivity contribution is 6.00. The van der Waals surface area contributed by atoms with Gasteiger partial charge in [0.2, 0.25) is 24.6 Å². The predicted octanol–water partition coefficient (Wildman–Crippen LogP) is -0.302. The Balaban J connectivity index is 1.40. The monoisotopic (exact) mass is 372 g/mol. The van der Waals surface area contributed by atoms with Crippen molar-refractivity contribution in [3.05, 3.63) is 34.2 Å². The summed E-state index contributed by atoms with van der Waals surface area (Å²) < 4.78 is 10.6. The summed E-state index contributed by atoms with van der Waals surface area (Å²) in [6, 6.07) is 5.19. The number of fused-ring (bicyclic) bond motifs is 1. The van der Waals surface area contributed by atoms with E-state index in [1.165, 1.54) is 11.8 Å². The lowest BCUT2D eigenvalue weighted by Crippen LogP contribution is -2.37. The fourth-order valence-corrected chi connectivity index (χ4v) is 2.86. The SMILES string of the molecule is Cc1nnc(NNC(=O)C2CC(=O)N(c3ccc4c(c3)OCO4)C2)[nH]c1=O. The molecular weight excluding hydrogens is 356 g/mol. The molecule has 4 rings (SSSR count). The molecule has 0 saturated carbocycles. The zero-order valence-electron chi connectivity index (χ0n) is 14.3. The van der Waals surface area contributed by atoms with Crippen LogP contribution in [0.1, 0.15) is 12.1 Å². The van der Waals surface area contributed by atoms with Crippen LogP contribution in [0.5, 0.6) is 11.5 Å². The van der Waals surface area contributed by atoms with Gasteiger partial charge in [-0.1, -0.05) is 0 Å². The van der Waals surface area contributed by atoms with Crippen LogP contribution < -0.4 is 30.8 Å². The van der Waals surface area contributed by atoms with Crippen molar-refractivity contribution in [2.45, 2.75) is 13.3 Å². The first kappa shape index (κ1) is 16.8. The number of rotatable bonds is 4. The number of benzene rings is 1. The molecule has 11 heteroatoms. The number of carbonyl (C=O) groups is 2. The molecule has 2 aromatic rings. The highest BCUT2D eigenvalue weighted by atomic mass is 16.7. The minimum absolute atomic E-state index is 0.0101. The summed E-state index contributed by atoms with van der Waals surface area (Å²) >= 11 is 0. The van der Waals surface area contributed by atoms with Gasteiger partial charge in [-0.15, -0.1) is 10.2 Å². The molecule has 3 heterocycles. The van der Waals surface area contributed by atoms with Gasteiger partial charge < -0.3 is 14.4 Å². The van der Waals surface area contributed by atoms with Gasteiger partial charge in [0.05, 0.1) is 5.92 Å². The molecular formula is C16H16N6O5. The summed E-state index contributed by atoms with van der Waals surface area (Å²) in [5.74, 6) is 0.0812. The number of aromatic amines is 1. The van der Waals surface area contributed by atoms with Gasteiger partial charge in [0, 0.05) is 24.7 Å². The number of H-pyrrole nitrogens is 1. The molecule has 11 nitrogen and oxygen atoms in total. The molecule has 0 spiro atoms. The Morgan fingerprint density at radius 3 is 2.89 bits per heavy atom. The van der Waals surface area contributed by atoms with E-state index < -0.39 is 17.4 Å². The Morgan fingerprint density at radius 1 is 1.26 bits per heavy atom. The smallest absolute Gasteiger partial charge is 0.274 e. The lowest BCUT2D eigenvalue weighted by molar-refractivity contribution is -0.125. The molecule has 0 aliphatic carbocycles. The van der Waals surface area contributed by atoms with Gasteiger partial charge in [-0.25, -0.2) is 0 Å². The molecule has 0 bridgehead atoms. The van der Waals surface area contributed by atoms with Crippen LogP contribution in [-0.4, -0.2) is 40.3 Å². The largest absolute Gasteiger partial charge is 0.454 e.